The summed E-state index contributed by atoms with van der Waals surface area (Å²) in [7, 11) is 0. The standard InChI is InChI=1S/C22H11ClO2/c23-20-15-21(24)18(13-11-16-7-3-1-4-8-16)19(22(20)25)14-12-17-9-5-2-6-10-17/h1-10,15H. The highest BCUT2D eigenvalue weighted by atomic mass is 35.5. The molecule has 0 spiro atoms. The summed E-state index contributed by atoms with van der Waals surface area (Å²) in [6.45, 7) is 0. The van der Waals surface area contributed by atoms with Gasteiger partial charge in [-0.1, -0.05) is 71.7 Å². The van der Waals surface area contributed by atoms with Crippen LogP contribution in [-0.2, 0) is 9.59 Å². The van der Waals surface area contributed by atoms with Gasteiger partial charge in [-0.25, -0.2) is 0 Å². The Morgan fingerprint density at radius 3 is 1.64 bits per heavy atom. The first-order chi connectivity index (χ1) is 12.1. The van der Waals surface area contributed by atoms with Crippen LogP contribution in [0.4, 0.5) is 0 Å². The summed E-state index contributed by atoms with van der Waals surface area (Å²) in [5, 5.41) is -0.146. The Morgan fingerprint density at radius 1 is 0.640 bits per heavy atom. The fourth-order valence-corrected chi connectivity index (χ4v) is 2.36. The first kappa shape index (κ1) is 16.5. The molecule has 1 aliphatic rings. The maximum absolute atomic E-state index is 12.3. The minimum absolute atomic E-state index is 0.0322. The second-order valence-corrected chi connectivity index (χ2v) is 5.57. The van der Waals surface area contributed by atoms with Gasteiger partial charge in [0.15, 0.2) is 5.78 Å². The molecule has 1 aliphatic carbocycles. The number of carbonyl (C=O) groups is 2. The van der Waals surface area contributed by atoms with E-state index in [0.29, 0.717) is 0 Å². The van der Waals surface area contributed by atoms with Crippen molar-refractivity contribution < 1.29 is 9.59 Å². The van der Waals surface area contributed by atoms with E-state index in [4.69, 9.17) is 11.6 Å². The van der Waals surface area contributed by atoms with Crippen molar-refractivity contribution in [2.75, 3.05) is 0 Å². The number of hydrogen-bond acceptors (Lipinski definition) is 2. The fraction of sp³-hybridized carbons (Fsp3) is 0. The molecule has 0 aromatic heterocycles. The Hall–Kier alpha value is -3.33. The molecule has 0 fully saturated rings. The normalized spacial score (nSPS) is 13.4. The Kier molecular flexibility index (Phi) is 4.95. The molecule has 2 nitrogen and oxygen atoms in total. The smallest absolute Gasteiger partial charge is 0.214 e. The molecular formula is C22H11ClO2. The average Bonchev–Trinajstić information content (AvgIpc) is 2.64. The summed E-state index contributed by atoms with van der Waals surface area (Å²) in [5.41, 5.74) is 1.58. The van der Waals surface area contributed by atoms with Crippen LogP contribution in [0.2, 0.25) is 0 Å². The predicted molar refractivity (Wildman–Crippen MR) is 97.6 cm³/mol. The van der Waals surface area contributed by atoms with Gasteiger partial charge in [0.1, 0.15) is 0 Å². The number of benzene rings is 2. The molecule has 3 heteroatoms. The highest BCUT2D eigenvalue weighted by molar-refractivity contribution is 6.49. The highest BCUT2D eigenvalue weighted by Crippen LogP contribution is 2.21. The fourth-order valence-electron chi connectivity index (χ4n) is 2.16. The van der Waals surface area contributed by atoms with E-state index >= 15 is 0 Å². The summed E-state index contributed by atoms with van der Waals surface area (Å²) in [5.74, 6) is 10.4. The SMILES string of the molecule is O=C1C=C(Cl)C(=O)C(C#Cc2ccccc2)=C1C#Cc1ccccc1. The number of ketones is 2. The average molecular weight is 343 g/mol. The molecular weight excluding hydrogens is 332 g/mol. The van der Waals surface area contributed by atoms with Crippen LogP contribution in [0.25, 0.3) is 0 Å². The van der Waals surface area contributed by atoms with E-state index < -0.39 is 11.6 Å². The van der Waals surface area contributed by atoms with Crippen molar-refractivity contribution in [3.8, 4) is 23.7 Å². The van der Waals surface area contributed by atoms with Crippen molar-refractivity contribution in [2.24, 2.45) is 0 Å². The zero-order valence-corrected chi connectivity index (χ0v) is 13.8. The molecule has 3 rings (SSSR count). The van der Waals surface area contributed by atoms with Crippen LogP contribution in [0.5, 0.6) is 0 Å². The lowest BCUT2D eigenvalue weighted by atomic mass is 9.94. The van der Waals surface area contributed by atoms with Gasteiger partial charge in [-0.05, 0) is 24.3 Å². The van der Waals surface area contributed by atoms with Crippen LogP contribution in [-0.4, -0.2) is 11.6 Å². The third-order valence-corrected chi connectivity index (χ3v) is 3.69. The number of allylic oxidation sites excluding steroid dienone is 4. The molecule has 2 aromatic carbocycles. The van der Waals surface area contributed by atoms with Gasteiger partial charge in [-0.15, -0.1) is 0 Å². The zero-order valence-electron chi connectivity index (χ0n) is 13.0. The predicted octanol–water partition coefficient (Wildman–Crippen LogP) is 3.66. The van der Waals surface area contributed by atoms with Crippen LogP contribution in [0.1, 0.15) is 11.1 Å². The van der Waals surface area contributed by atoms with Gasteiger partial charge in [0.2, 0.25) is 5.78 Å². The maximum Gasteiger partial charge on any atom is 0.214 e. The van der Waals surface area contributed by atoms with Gasteiger partial charge in [0.05, 0.1) is 16.2 Å². The molecule has 2 aromatic rings. The number of carbonyl (C=O) groups excluding carboxylic acids is 2. The first-order valence-corrected chi connectivity index (χ1v) is 7.87. The van der Waals surface area contributed by atoms with Gasteiger partial charge in [-0.3, -0.25) is 9.59 Å². The van der Waals surface area contributed by atoms with Crippen LogP contribution in [0, 0.1) is 23.7 Å². The molecule has 0 bridgehead atoms. The first-order valence-electron chi connectivity index (χ1n) is 7.50. The monoisotopic (exact) mass is 342 g/mol. The molecule has 0 heterocycles. The number of rotatable bonds is 0. The van der Waals surface area contributed by atoms with E-state index in [-0.39, 0.29) is 16.2 Å². The molecule has 0 atom stereocenters. The number of Topliss-reactive ketones (excluding diaryl/α,β-unsaturated/α-hetero) is 1. The lowest BCUT2D eigenvalue weighted by molar-refractivity contribution is -0.114. The molecule has 118 valence electrons. The Labute approximate surface area is 150 Å². The lowest BCUT2D eigenvalue weighted by Gasteiger charge is -2.07. The summed E-state index contributed by atoms with van der Waals surface area (Å²) in [6, 6.07) is 18.4. The summed E-state index contributed by atoms with van der Waals surface area (Å²) in [4.78, 5) is 24.6. The van der Waals surface area contributed by atoms with Crippen molar-refractivity contribution in [1.82, 2.24) is 0 Å². The van der Waals surface area contributed by atoms with Crippen molar-refractivity contribution in [1.29, 1.82) is 0 Å². The third-order valence-electron chi connectivity index (χ3n) is 3.41. The van der Waals surface area contributed by atoms with E-state index in [1.54, 1.807) is 0 Å². The van der Waals surface area contributed by atoms with E-state index in [0.717, 1.165) is 17.2 Å². The lowest BCUT2D eigenvalue weighted by Crippen LogP contribution is -2.15. The summed E-state index contributed by atoms with van der Waals surface area (Å²) >= 11 is 5.86. The van der Waals surface area contributed by atoms with Crippen LogP contribution < -0.4 is 0 Å². The van der Waals surface area contributed by atoms with Crippen LogP contribution >= 0.6 is 11.6 Å². The van der Waals surface area contributed by atoms with Crippen molar-refractivity contribution in [3.05, 3.63) is 94.0 Å². The van der Waals surface area contributed by atoms with E-state index in [1.165, 1.54) is 0 Å². The molecule has 0 amide bonds. The van der Waals surface area contributed by atoms with Gasteiger partial charge >= 0.3 is 0 Å². The zero-order chi connectivity index (χ0) is 17.6. The number of halogens is 1. The van der Waals surface area contributed by atoms with Crippen molar-refractivity contribution in [2.45, 2.75) is 0 Å². The minimum Gasteiger partial charge on any atom is -0.288 e. The number of hydrogen-bond donors (Lipinski definition) is 0. The molecule has 0 N–H and O–H groups in total. The third kappa shape index (κ3) is 3.96. The maximum atomic E-state index is 12.3. The van der Waals surface area contributed by atoms with Crippen LogP contribution in [0.3, 0.4) is 0 Å². The molecule has 0 saturated carbocycles. The Balaban J connectivity index is 2.07. The molecule has 25 heavy (non-hydrogen) atoms. The quantitative estimate of drug-likeness (QED) is 0.541. The van der Waals surface area contributed by atoms with Gasteiger partial charge in [0, 0.05) is 17.2 Å². The summed E-state index contributed by atoms with van der Waals surface area (Å²) in [6.07, 6.45) is 1.09. The van der Waals surface area contributed by atoms with Gasteiger partial charge in [-0.2, -0.15) is 0 Å². The van der Waals surface area contributed by atoms with E-state index in [1.807, 2.05) is 60.7 Å². The second-order valence-electron chi connectivity index (χ2n) is 5.17. The van der Waals surface area contributed by atoms with E-state index in [2.05, 4.69) is 23.7 Å². The van der Waals surface area contributed by atoms with Gasteiger partial charge < -0.3 is 0 Å². The topological polar surface area (TPSA) is 34.1 Å². The Morgan fingerprint density at radius 2 is 1.12 bits per heavy atom. The molecule has 0 radical (unpaired) electrons. The summed E-state index contributed by atoms with van der Waals surface area (Å²) < 4.78 is 0. The molecule has 0 saturated heterocycles. The minimum atomic E-state index is -0.484. The largest absolute Gasteiger partial charge is 0.288 e. The van der Waals surface area contributed by atoms with Crippen molar-refractivity contribution in [3.63, 3.8) is 0 Å². The molecule has 0 aliphatic heterocycles. The second kappa shape index (κ2) is 7.49. The van der Waals surface area contributed by atoms with Gasteiger partial charge in [0.25, 0.3) is 0 Å². The van der Waals surface area contributed by atoms with Crippen molar-refractivity contribution >= 4 is 23.2 Å². The Bertz CT molecular complexity index is 1020. The van der Waals surface area contributed by atoms with Crippen LogP contribution in [0.15, 0.2) is 82.9 Å². The van der Waals surface area contributed by atoms with E-state index in [9.17, 15) is 9.59 Å². The molecule has 0 unspecified atom stereocenters. The highest BCUT2D eigenvalue weighted by Gasteiger charge is 2.25.